The Labute approximate surface area is 226 Å². The second-order valence-electron chi connectivity index (χ2n) is 9.07. The minimum atomic E-state index is -0.443. The number of piperazine rings is 1. The molecule has 0 spiro atoms. The Hall–Kier alpha value is -3.75. The van der Waals surface area contributed by atoms with Crippen LogP contribution in [0.15, 0.2) is 79.1 Å². The predicted octanol–water partition coefficient (Wildman–Crippen LogP) is 4.75. The van der Waals surface area contributed by atoms with Crippen molar-refractivity contribution in [2.45, 2.75) is 26.9 Å². The lowest BCUT2D eigenvalue weighted by Crippen LogP contribution is -2.45. The molecule has 0 atom stereocenters. The van der Waals surface area contributed by atoms with Gasteiger partial charge in [-0.25, -0.2) is 4.79 Å². The molecule has 1 aliphatic rings. The zero-order chi connectivity index (χ0) is 27.2. The Morgan fingerprint density at radius 2 is 1.45 bits per heavy atom. The van der Waals surface area contributed by atoms with Crippen molar-refractivity contribution in [2.75, 3.05) is 51.7 Å². The van der Waals surface area contributed by atoms with Crippen LogP contribution < -0.4 is 5.32 Å². The minimum Gasteiger partial charge on any atom is -0.453 e. The quantitative estimate of drug-likeness (QED) is 0.465. The maximum absolute atomic E-state index is 11.7. The van der Waals surface area contributed by atoms with Gasteiger partial charge in [0.25, 0.3) is 5.91 Å². The molecule has 202 valence electrons. The second-order valence-corrected chi connectivity index (χ2v) is 9.07. The van der Waals surface area contributed by atoms with Crippen LogP contribution in [0, 0.1) is 0 Å². The molecule has 2 heterocycles. The molecular weight excluding hydrogens is 478 g/mol. The van der Waals surface area contributed by atoms with E-state index in [9.17, 15) is 9.59 Å². The second kappa shape index (κ2) is 15.5. The van der Waals surface area contributed by atoms with Gasteiger partial charge >= 0.3 is 6.09 Å². The average Bonchev–Trinajstić information content (AvgIpc) is 2.96. The van der Waals surface area contributed by atoms with Gasteiger partial charge in [-0.1, -0.05) is 30.3 Å². The van der Waals surface area contributed by atoms with Crippen LogP contribution in [-0.2, 0) is 17.8 Å². The first-order valence-corrected chi connectivity index (χ1v) is 13.1. The van der Waals surface area contributed by atoms with Crippen LogP contribution >= 0.6 is 0 Å². The van der Waals surface area contributed by atoms with E-state index in [4.69, 9.17) is 0 Å². The van der Waals surface area contributed by atoms with Gasteiger partial charge in [-0.2, -0.15) is 0 Å². The summed E-state index contributed by atoms with van der Waals surface area (Å²) in [6.07, 6.45) is 3.25. The van der Waals surface area contributed by atoms with Gasteiger partial charge in [0.2, 0.25) is 0 Å². The van der Waals surface area contributed by atoms with E-state index in [-0.39, 0.29) is 5.91 Å². The fourth-order valence-electron chi connectivity index (χ4n) is 4.30. The summed E-state index contributed by atoms with van der Waals surface area (Å²) in [5.74, 6) is 0.116. The number of benzene rings is 2. The third-order valence-electron chi connectivity index (χ3n) is 6.46. The molecule has 38 heavy (non-hydrogen) atoms. The van der Waals surface area contributed by atoms with E-state index in [1.54, 1.807) is 0 Å². The monoisotopic (exact) mass is 517 g/mol. The van der Waals surface area contributed by atoms with Crippen molar-refractivity contribution in [1.82, 2.24) is 19.7 Å². The highest BCUT2D eigenvalue weighted by Gasteiger charge is 2.17. The molecular formula is C30H39N5O3. The van der Waals surface area contributed by atoms with Crippen LogP contribution in [0.5, 0.6) is 0 Å². The van der Waals surface area contributed by atoms with Crippen molar-refractivity contribution in [1.29, 1.82) is 0 Å². The first-order valence-electron chi connectivity index (χ1n) is 13.1. The van der Waals surface area contributed by atoms with Gasteiger partial charge in [0.05, 0.1) is 7.11 Å². The van der Waals surface area contributed by atoms with Crippen molar-refractivity contribution >= 4 is 17.7 Å². The Morgan fingerprint density at radius 3 is 2.03 bits per heavy atom. The Morgan fingerprint density at radius 1 is 0.842 bits per heavy atom. The van der Waals surface area contributed by atoms with E-state index in [0.29, 0.717) is 0 Å². The maximum atomic E-state index is 11.7. The lowest BCUT2D eigenvalue weighted by atomic mass is 10.1. The fourth-order valence-corrected chi connectivity index (χ4v) is 4.30. The molecule has 0 saturated carbocycles. The number of carbonyl (C=O) groups is 2. The van der Waals surface area contributed by atoms with E-state index in [1.165, 1.54) is 18.2 Å². The summed E-state index contributed by atoms with van der Waals surface area (Å²) in [7, 11) is 1.37. The van der Waals surface area contributed by atoms with Crippen molar-refractivity contribution in [3.8, 4) is 0 Å². The zero-order valence-corrected chi connectivity index (χ0v) is 22.7. The number of nitrogens with one attached hydrogen (secondary N) is 1. The normalized spacial score (nSPS) is 13.7. The smallest absolute Gasteiger partial charge is 0.411 e. The van der Waals surface area contributed by atoms with Gasteiger partial charge in [-0.3, -0.25) is 24.9 Å². The highest BCUT2D eigenvalue weighted by Crippen LogP contribution is 2.15. The summed E-state index contributed by atoms with van der Waals surface area (Å²) in [4.78, 5) is 33.8. The number of hydrogen-bond donors (Lipinski definition) is 1. The number of rotatable bonds is 8. The first kappa shape index (κ1) is 28.8. The van der Waals surface area contributed by atoms with Gasteiger partial charge in [-0.05, 0) is 61.4 Å². The molecule has 2 amide bonds. The molecule has 0 aliphatic carbocycles. The van der Waals surface area contributed by atoms with Crippen molar-refractivity contribution in [3.05, 3.63) is 95.8 Å². The number of aromatic nitrogens is 1. The van der Waals surface area contributed by atoms with Gasteiger partial charge in [0, 0.05) is 76.0 Å². The molecule has 1 aliphatic heterocycles. The van der Waals surface area contributed by atoms with Gasteiger partial charge in [-0.15, -0.1) is 0 Å². The molecule has 8 heteroatoms. The molecule has 8 nitrogen and oxygen atoms in total. The highest BCUT2D eigenvalue weighted by molar-refractivity contribution is 5.94. The molecule has 1 N–H and O–H groups in total. The molecule has 1 aromatic heterocycles. The topological polar surface area (TPSA) is 78.0 Å². The molecule has 0 bridgehead atoms. The Balaban J connectivity index is 0.000000260. The van der Waals surface area contributed by atoms with Crippen molar-refractivity contribution < 1.29 is 14.3 Å². The maximum Gasteiger partial charge on any atom is 0.411 e. The SMILES string of the molecule is CCN(CC)C(=O)c1ccccc1.COC(=O)Nc1cccc(CN2CCN(Cc3ccncc3)CC2)c1. The zero-order valence-electron chi connectivity index (χ0n) is 22.7. The van der Waals surface area contributed by atoms with Gasteiger partial charge in [0.15, 0.2) is 0 Å². The lowest BCUT2D eigenvalue weighted by Gasteiger charge is -2.34. The van der Waals surface area contributed by atoms with Crippen LogP contribution in [0.4, 0.5) is 10.5 Å². The number of hydrogen-bond acceptors (Lipinski definition) is 6. The number of ether oxygens (including phenoxy) is 1. The van der Waals surface area contributed by atoms with Crippen molar-refractivity contribution in [2.24, 2.45) is 0 Å². The van der Waals surface area contributed by atoms with Crippen LogP contribution in [-0.4, -0.2) is 78.1 Å². The first-order chi connectivity index (χ1) is 18.5. The van der Waals surface area contributed by atoms with E-state index < -0.39 is 6.09 Å². The van der Waals surface area contributed by atoms with Crippen LogP contribution in [0.25, 0.3) is 0 Å². The summed E-state index contributed by atoms with van der Waals surface area (Å²) >= 11 is 0. The number of nitrogens with zero attached hydrogens (tertiary/aromatic N) is 4. The van der Waals surface area contributed by atoms with E-state index >= 15 is 0 Å². The largest absolute Gasteiger partial charge is 0.453 e. The molecule has 1 fully saturated rings. The summed E-state index contributed by atoms with van der Waals surface area (Å²) in [5.41, 5.74) is 4.04. The summed E-state index contributed by atoms with van der Waals surface area (Å²) in [6.45, 7) is 11.6. The molecule has 4 rings (SSSR count). The number of pyridine rings is 1. The van der Waals surface area contributed by atoms with E-state index in [1.807, 2.05) is 79.7 Å². The summed E-state index contributed by atoms with van der Waals surface area (Å²) < 4.78 is 4.63. The fraction of sp³-hybridized carbons (Fsp3) is 0.367. The molecule has 0 radical (unpaired) electrons. The molecule has 2 aromatic carbocycles. The van der Waals surface area contributed by atoms with Crippen LogP contribution in [0.2, 0.25) is 0 Å². The van der Waals surface area contributed by atoms with Crippen LogP contribution in [0.1, 0.15) is 35.3 Å². The lowest BCUT2D eigenvalue weighted by molar-refractivity contribution is 0.0773. The van der Waals surface area contributed by atoms with Crippen LogP contribution in [0.3, 0.4) is 0 Å². The summed E-state index contributed by atoms with van der Waals surface area (Å²) in [6, 6.07) is 21.4. The molecule has 0 unspecified atom stereocenters. The van der Waals surface area contributed by atoms with E-state index in [2.05, 4.69) is 43.0 Å². The number of amides is 2. The molecule has 1 saturated heterocycles. The third kappa shape index (κ3) is 9.28. The molecule has 3 aromatic rings. The standard InChI is InChI=1S/C19H24N4O2.C11H15NO/c1-25-19(24)21-18-4-2-3-17(13-18)15-23-11-9-22(10-12-23)14-16-5-7-20-8-6-16;1-3-12(4-2)11(13)10-8-6-5-7-9-10/h2-8,13H,9-12,14-15H2,1H3,(H,21,24);5-9H,3-4H2,1-2H3. The predicted molar refractivity (Wildman–Crippen MR) is 151 cm³/mol. The number of methoxy groups -OCH3 is 1. The van der Waals surface area contributed by atoms with E-state index in [0.717, 1.165) is 63.6 Å². The van der Waals surface area contributed by atoms with Crippen molar-refractivity contribution in [3.63, 3.8) is 0 Å². The summed E-state index contributed by atoms with van der Waals surface area (Å²) in [5, 5.41) is 2.71. The number of carbonyl (C=O) groups excluding carboxylic acids is 2. The number of anilines is 1. The van der Waals surface area contributed by atoms with Gasteiger partial charge in [0.1, 0.15) is 0 Å². The Bertz CT molecular complexity index is 1120. The average molecular weight is 518 g/mol. The highest BCUT2D eigenvalue weighted by atomic mass is 16.5. The third-order valence-corrected chi connectivity index (χ3v) is 6.46. The van der Waals surface area contributed by atoms with Gasteiger partial charge < -0.3 is 9.64 Å². The minimum absolute atomic E-state index is 0.116. The Kier molecular flexibility index (Phi) is 11.7.